The van der Waals surface area contributed by atoms with Crippen molar-refractivity contribution in [2.75, 3.05) is 0 Å². The first-order valence-corrected chi connectivity index (χ1v) is 7.97. The highest BCUT2D eigenvalue weighted by molar-refractivity contribution is 7.80. The smallest absolute Gasteiger partial charge is 0.276 e. The van der Waals surface area contributed by atoms with E-state index in [0.29, 0.717) is 22.4 Å². The van der Waals surface area contributed by atoms with Crippen LogP contribution in [-0.4, -0.2) is 25.7 Å². The number of carbonyl (C=O) groups excluding carboxylic acids is 1. The van der Waals surface area contributed by atoms with E-state index in [1.165, 1.54) is 4.90 Å². The first-order valence-electron chi connectivity index (χ1n) is 7.18. The summed E-state index contributed by atoms with van der Waals surface area (Å²) in [7, 11) is 0. The monoisotopic (exact) mass is 346 g/mol. The van der Waals surface area contributed by atoms with Crippen LogP contribution in [0.15, 0.2) is 42.4 Å². The van der Waals surface area contributed by atoms with Crippen molar-refractivity contribution in [2.24, 2.45) is 0 Å². The molecule has 1 saturated heterocycles. The largest absolute Gasteiger partial charge is 0.328 e. The predicted octanol–water partition coefficient (Wildman–Crippen LogP) is 2.81. The van der Waals surface area contributed by atoms with E-state index in [0.717, 1.165) is 17.7 Å². The zero-order valence-electron chi connectivity index (χ0n) is 12.5. The van der Waals surface area contributed by atoms with Gasteiger partial charge in [0.05, 0.1) is 12.7 Å². The van der Waals surface area contributed by atoms with Gasteiger partial charge >= 0.3 is 0 Å². The van der Waals surface area contributed by atoms with E-state index < -0.39 is 0 Å². The lowest BCUT2D eigenvalue weighted by atomic mass is 10.2. The molecule has 0 bridgehead atoms. The molecule has 1 fully saturated rings. The molecule has 0 aliphatic carbocycles. The van der Waals surface area contributed by atoms with Gasteiger partial charge in [0.1, 0.15) is 5.70 Å². The van der Waals surface area contributed by atoms with E-state index in [9.17, 15) is 4.79 Å². The van der Waals surface area contributed by atoms with Crippen LogP contribution in [0.5, 0.6) is 0 Å². The molecule has 1 aromatic carbocycles. The van der Waals surface area contributed by atoms with Crippen LogP contribution in [0.1, 0.15) is 18.1 Å². The average molecular weight is 347 g/mol. The highest BCUT2D eigenvalue weighted by Crippen LogP contribution is 2.18. The van der Waals surface area contributed by atoms with Gasteiger partial charge in [0.25, 0.3) is 5.91 Å². The summed E-state index contributed by atoms with van der Waals surface area (Å²) in [6.07, 6.45) is 5.41. The number of rotatable bonds is 4. The Hall–Kier alpha value is -2.18. The zero-order chi connectivity index (χ0) is 16.4. The van der Waals surface area contributed by atoms with Crippen LogP contribution in [0, 0.1) is 0 Å². The molecule has 0 saturated carbocycles. The number of nitrogens with one attached hydrogen (secondary N) is 1. The van der Waals surface area contributed by atoms with Crippen LogP contribution in [-0.2, 0) is 17.9 Å². The number of aryl methyl sites for hydroxylation is 1. The van der Waals surface area contributed by atoms with Crippen LogP contribution in [0.4, 0.5) is 0 Å². The molecule has 23 heavy (non-hydrogen) atoms. The number of nitrogens with zero attached hydrogens (tertiary/aromatic N) is 3. The quantitative estimate of drug-likeness (QED) is 0.683. The van der Waals surface area contributed by atoms with Gasteiger partial charge in [-0.2, -0.15) is 5.10 Å². The van der Waals surface area contributed by atoms with Crippen molar-refractivity contribution in [2.45, 2.75) is 20.0 Å². The van der Waals surface area contributed by atoms with Gasteiger partial charge in [-0.15, -0.1) is 0 Å². The SMILES string of the molecule is CCn1cc(CN2C(=O)/C(=C\c3cccc(Cl)c3)NC2=S)cn1. The van der Waals surface area contributed by atoms with E-state index in [1.54, 1.807) is 24.4 Å². The Morgan fingerprint density at radius 3 is 2.96 bits per heavy atom. The summed E-state index contributed by atoms with van der Waals surface area (Å²) < 4.78 is 1.81. The topological polar surface area (TPSA) is 50.2 Å². The van der Waals surface area contributed by atoms with E-state index in [4.69, 9.17) is 23.8 Å². The highest BCUT2D eigenvalue weighted by Gasteiger charge is 2.30. The normalized spacial score (nSPS) is 16.3. The second-order valence-corrected chi connectivity index (χ2v) is 5.96. The van der Waals surface area contributed by atoms with Gasteiger partial charge < -0.3 is 5.32 Å². The molecular weight excluding hydrogens is 332 g/mol. The van der Waals surface area contributed by atoms with Gasteiger partial charge in [0, 0.05) is 23.3 Å². The molecule has 1 aromatic heterocycles. The number of amides is 1. The Balaban J connectivity index is 1.79. The first-order chi connectivity index (χ1) is 11.1. The molecule has 1 amide bonds. The molecule has 1 N–H and O–H groups in total. The van der Waals surface area contributed by atoms with E-state index in [-0.39, 0.29) is 5.91 Å². The summed E-state index contributed by atoms with van der Waals surface area (Å²) in [4.78, 5) is 14.1. The van der Waals surface area contributed by atoms with Crippen molar-refractivity contribution in [3.8, 4) is 0 Å². The fourth-order valence-electron chi connectivity index (χ4n) is 2.32. The minimum Gasteiger partial charge on any atom is -0.328 e. The summed E-state index contributed by atoms with van der Waals surface area (Å²) in [5.41, 5.74) is 2.23. The van der Waals surface area contributed by atoms with Crippen LogP contribution in [0.3, 0.4) is 0 Å². The van der Waals surface area contributed by atoms with Gasteiger partial charge in [-0.1, -0.05) is 23.7 Å². The third-order valence-corrected chi connectivity index (χ3v) is 4.03. The molecule has 1 aliphatic heterocycles. The van der Waals surface area contributed by atoms with Gasteiger partial charge in [0.15, 0.2) is 5.11 Å². The van der Waals surface area contributed by atoms with Gasteiger partial charge in [-0.3, -0.25) is 14.4 Å². The molecule has 3 rings (SSSR count). The highest BCUT2D eigenvalue weighted by atomic mass is 35.5. The third-order valence-electron chi connectivity index (χ3n) is 3.47. The molecule has 1 aliphatic rings. The van der Waals surface area contributed by atoms with Crippen LogP contribution in [0.25, 0.3) is 6.08 Å². The maximum absolute atomic E-state index is 12.5. The molecule has 0 spiro atoms. The van der Waals surface area contributed by atoms with Crippen molar-refractivity contribution < 1.29 is 4.79 Å². The molecule has 7 heteroatoms. The third kappa shape index (κ3) is 3.43. The lowest BCUT2D eigenvalue weighted by Gasteiger charge is -2.12. The number of carbonyl (C=O) groups is 1. The van der Waals surface area contributed by atoms with E-state index >= 15 is 0 Å². The molecule has 0 atom stereocenters. The number of benzene rings is 1. The summed E-state index contributed by atoms with van der Waals surface area (Å²) >= 11 is 11.2. The second kappa shape index (κ2) is 6.52. The van der Waals surface area contributed by atoms with Crippen molar-refractivity contribution in [1.82, 2.24) is 20.0 Å². The van der Waals surface area contributed by atoms with Crippen molar-refractivity contribution >= 4 is 40.9 Å². The minimum absolute atomic E-state index is 0.153. The number of thiocarbonyl (C=S) groups is 1. The summed E-state index contributed by atoms with van der Waals surface area (Å²) in [5.74, 6) is -0.153. The molecule has 0 unspecified atom stereocenters. The lowest BCUT2D eigenvalue weighted by Crippen LogP contribution is -2.29. The maximum Gasteiger partial charge on any atom is 0.276 e. The maximum atomic E-state index is 12.5. The molecular formula is C16H15ClN4OS. The van der Waals surface area contributed by atoms with Crippen molar-refractivity contribution in [3.63, 3.8) is 0 Å². The second-order valence-electron chi connectivity index (χ2n) is 5.14. The van der Waals surface area contributed by atoms with Gasteiger partial charge in [-0.25, -0.2) is 0 Å². The number of halogens is 1. The fourth-order valence-corrected chi connectivity index (χ4v) is 2.78. The fraction of sp³-hybridized carbons (Fsp3) is 0.188. The van der Waals surface area contributed by atoms with E-state index in [2.05, 4.69) is 10.4 Å². The molecule has 0 radical (unpaired) electrons. The molecule has 5 nitrogen and oxygen atoms in total. The van der Waals surface area contributed by atoms with Crippen molar-refractivity contribution in [1.29, 1.82) is 0 Å². The van der Waals surface area contributed by atoms with Crippen LogP contribution < -0.4 is 5.32 Å². The number of hydrogen-bond donors (Lipinski definition) is 1. The number of hydrogen-bond acceptors (Lipinski definition) is 3. The Bertz CT molecular complexity index is 799. The Morgan fingerprint density at radius 2 is 2.26 bits per heavy atom. The van der Waals surface area contributed by atoms with Gasteiger partial charge in [0.2, 0.25) is 0 Å². The van der Waals surface area contributed by atoms with Crippen molar-refractivity contribution in [3.05, 3.63) is 58.5 Å². The standard InChI is InChI=1S/C16H15ClN4OS/c1-2-20-9-12(8-18-20)10-21-15(22)14(19-16(21)23)7-11-4-3-5-13(17)6-11/h3-9H,2,10H2,1H3,(H,19,23)/b14-7+. The summed E-state index contributed by atoms with van der Waals surface area (Å²) in [6, 6.07) is 7.30. The predicted molar refractivity (Wildman–Crippen MR) is 93.6 cm³/mol. The van der Waals surface area contributed by atoms with Gasteiger partial charge in [-0.05, 0) is 42.9 Å². The summed E-state index contributed by atoms with van der Waals surface area (Å²) in [5, 5.41) is 8.19. The molecule has 118 valence electrons. The minimum atomic E-state index is -0.153. The Kier molecular flexibility index (Phi) is 4.45. The molecule has 2 aromatic rings. The summed E-state index contributed by atoms with van der Waals surface area (Å²) in [6.45, 7) is 3.20. The van der Waals surface area contributed by atoms with Crippen LogP contribution >= 0.6 is 23.8 Å². The average Bonchev–Trinajstić information content (AvgIpc) is 3.08. The van der Waals surface area contributed by atoms with Crippen LogP contribution in [0.2, 0.25) is 5.02 Å². The zero-order valence-corrected chi connectivity index (χ0v) is 14.1. The number of aromatic nitrogens is 2. The lowest BCUT2D eigenvalue weighted by molar-refractivity contribution is -0.122. The first kappa shape index (κ1) is 15.7. The molecule has 2 heterocycles. The Labute approximate surface area is 144 Å². The Morgan fingerprint density at radius 1 is 1.43 bits per heavy atom. The van der Waals surface area contributed by atoms with E-state index in [1.807, 2.05) is 29.9 Å².